The van der Waals surface area contributed by atoms with Crippen LogP contribution in [0.4, 0.5) is 17.2 Å². The van der Waals surface area contributed by atoms with Crippen LogP contribution in [0.15, 0.2) is 79.1 Å². The Morgan fingerprint density at radius 2 is 1.80 bits per heavy atom. The van der Waals surface area contributed by atoms with Crippen LogP contribution in [0.25, 0.3) is 0 Å². The van der Waals surface area contributed by atoms with Gasteiger partial charge in [0.1, 0.15) is 18.2 Å². The number of anilines is 2. The van der Waals surface area contributed by atoms with E-state index in [0.29, 0.717) is 13.0 Å². The molecule has 2 N–H and O–H groups in total. The first-order valence-electron chi connectivity index (χ1n) is 15.5. The number of hydrogen-bond acceptors (Lipinski definition) is 9. The van der Waals surface area contributed by atoms with E-state index in [0.717, 1.165) is 61.8 Å². The summed E-state index contributed by atoms with van der Waals surface area (Å²) in [4.78, 5) is 38.0. The molecule has 45 heavy (non-hydrogen) atoms. The SMILES string of the molecule is C[C@@H]1C[C@@H](OC(=O)c2ccc([N+](=O)[O-])cc2)c2ncnc(N3CC4(CCN(Cc5ccccc5)CC4)c4c(CN)cccc43)c21. The molecule has 3 heterocycles. The van der Waals surface area contributed by atoms with Crippen LogP contribution in [0.1, 0.15) is 76.5 Å². The Bertz CT molecular complexity index is 1740. The van der Waals surface area contributed by atoms with Crippen molar-refractivity contribution in [2.45, 2.75) is 56.7 Å². The number of carbonyl (C=O) groups is 1. The highest BCUT2D eigenvalue weighted by Crippen LogP contribution is 2.54. The van der Waals surface area contributed by atoms with Crippen molar-refractivity contribution in [3.63, 3.8) is 0 Å². The van der Waals surface area contributed by atoms with E-state index < -0.39 is 17.0 Å². The average Bonchev–Trinajstić information content (AvgIpc) is 3.56. The van der Waals surface area contributed by atoms with Gasteiger partial charge in [-0.25, -0.2) is 14.8 Å². The molecular formula is C35H36N6O4. The fourth-order valence-electron chi connectivity index (χ4n) is 7.55. The molecule has 0 amide bonds. The third-order valence-electron chi connectivity index (χ3n) is 9.77. The summed E-state index contributed by atoms with van der Waals surface area (Å²) in [6.07, 6.45) is 3.67. The Labute approximate surface area is 262 Å². The van der Waals surface area contributed by atoms with Gasteiger partial charge < -0.3 is 15.4 Å². The number of nitro benzene ring substituents is 1. The number of likely N-dealkylation sites (tertiary alicyclic amines) is 1. The lowest BCUT2D eigenvalue weighted by molar-refractivity contribution is -0.384. The van der Waals surface area contributed by atoms with Gasteiger partial charge in [-0.1, -0.05) is 49.4 Å². The van der Waals surface area contributed by atoms with E-state index in [1.54, 1.807) is 6.33 Å². The molecule has 1 aliphatic carbocycles. The Morgan fingerprint density at radius 3 is 2.51 bits per heavy atom. The Balaban J connectivity index is 1.17. The first-order valence-corrected chi connectivity index (χ1v) is 15.5. The summed E-state index contributed by atoms with van der Waals surface area (Å²) in [5, 5.41) is 11.0. The molecule has 230 valence electrons. The van der Waals surface area contributed by atoms with Crippen molar-refractivity contribution < 1.29 is 14.5 Å². The molecule has 2 aliphatic heterocycles. The standard InChI is InChI=1S/C35H36N6O4/c1-23-18-29(45-34(42)25-10-12-27(13-11-25)41(43)44)32-30(23)33(38-22-37-32)40-21-35(31-26(19-36)8-5-9-28(31)40)14-16-39(17-15-35)20-24-6-3-2-4-7-24/h2-13,22-23,29H,14-21,36H2,1H3/t23-,29-/m1/s1. The number of rotatable bonds is 7. The maximum atomic E-state index is 13.1. The molecule has 0 bridgehead atoms. The minimum Gasteiger partial charge on any atom is -0.452 e. The second-order valence-corrected chi connectivity index (χ2v) is 12.5. The summed E-state index contributed by atoms with van der Waals surface area (Å²) >= 11 is 0. The minimum absolute atomic E-state index is 0.0417. The zero-order valence-electron chi connectivity index (χ0n) is 25.3. The maximum Gasteiger partial charge on any atom is 0.338 e. The number of piperidine rings is 1. The maximum absolute atomic E-state index is 13.1. The second kappa shape index (κ2) is 11.7. The number of esters is 1. The molecule has 4 aromatic rings. The highest BCUT2D eigenvalue weighted by Gasteiger charge is 2.48. The lowest BCUT2D eigenvalue weighted by atomic mass is 9.72. The number of non-ortho nitro benzene ring substituents is 1. The van der Waals surface area contributed by atoms with Crippen LogP contribution in [0.5, 0.6) is 0 Å². The first kappa shape index (κ1) is 29.1. The predicted octanol–water partition coefficient (Wildman–Crippen LogP) is 5.93. The highest BCUT2D eigenvalue weighted by molar-refractivity contribution is 5.90. The second-order valence-electron chi connectivity index (χ2n) is 12.5. The van der Waals surface area contributed by atoms with Crippen molar-refractivity contribution in [3.8, 4) is 0 Å². The normalized spacial score (nSPS) is 20.2. The predicted molar refractivity (Wildman–Crippen MR) is 170 cm³/mol. The summed E-state index contributed by atoms with van der Waals surface area (Å²) in [6.45, 7) is 6.35. The zero-order valence-corrected chi connectivity index (χ0v) is 25.3. The van der Waals surface area contributed by atoms with E-state index in [1.165, 1.54) is 41.0 Å². The van der Waals surface area contributed by atoms with Crippen LogP contribution in [0.3, 0.4) is 0 Å². The molecule has 1 spiro atoms. The van der Waals surface area contributed by atoms with Crippen molar-refractivity contribution in [3.05, 3.63) is 123 Å². The van der Waals surface area contributed by atoms with Gasteiger partial charge in [0.2, 0.25) is 0 Å². The summed E-state index contributed by atoms with van der Waals surface area (Å²) in [7, 11) is 0. The van der Waals surface area contributed by atoms with E-state index in [4.69, 9.17) is 15.5 Å². The highest BCUT2D eigenvalue weighted by atomic mass is 16.6. The fourth-order valence-corrected chi connectivity index (χ4v) is 7.55. The molecule has 7 rings (SSSR count). The van der Waals surface area contributed by atoms with Crippen molar-refractivity contribution in [2.75, 3.05) is 24.5 Å². The fraction of sp³-hybridized carbons (Fsp3) is 0.343. The monoisotopic (exact) mass is 604 g/mol. The molecular weight excluding hydrogens is 568 g/mol. The first-order chi connectivity index (χ1) is 21.9. The molecule has 2 atom stereocenters. The molecule has 0 unspecified atom stereocenters. The number of fused-ring (bicyclic) bond motifs is 3. The summed E-state index contributed by atoms with van der Waals surface area (Å²) in [5.41, 5.74) is 13.2. The molecule has 1 aromatic heterocycles. The van der Waals surface area contributed by atoms with Crippen LogP contribution in [0.2, 0.25) is 0 Å². The Kier molecular flexibility index (Phi) is 7.55. The third-order valence-corrected chi connectivity index (χ3v) is 9.77. The van der Waals surface area contributed by atoms with E-state index in [9.17, 15) is 14.9 Å². The molecule has 10 heteroatoms. The lowest BCUT2D eigenvalue weighted by Gasteiger charge is -2.40. The largest absolute Gasteiger partial charge is 0.452 e. The summed E-state index contributed by atoms with van der Waals surface area (Å²) in [5.74, 6) is 0.395. The van der Waals surface area contributed by atoms with Gasteiger partial charge in [-0.2, -0.15) is 0 Å². The molecule has 1 saturated heterocycles. The van der Waals surface area contributed by atoms with Crippen molar-refractivity contribution >= 4 is 23.2 Å². The quantitative estimate of drug-likeness (QED) is 0.155. The topological polar surface area (TPSA) is 128 Å². The van der Waals surface area contributed by atoms with Crippen LogP contribution in [-0.2, 0) is 23.2 Å². The number of ether oxygens (including phenoxy) is 1. The van der Waals surface area contributed by atoms with Gasteiger partial charge in [0.05, 0.1) is 16.2 Å². The van der Waals surface area contributed by atoms with Gasteiger partial charge in [0.25, 0.3) is 5.69 Å². The molecule has 10 nitrogen and oxygen atoms in total. The smallest absolute Gasteiger partial charge is 0.338 e. The van der Waals surface area contributed by atoms with Gasteiger partial charge in [-0.05, 0) is 73.2 Å². The molecule has 0 saturated carbocycles. The van der Waals surface area contributed by atoms with Crippen LogP contribution in [-0.4, -0.2) is 45.4 Å². The average molecular weight is 605 g/mol. The lowest BCUT2D eigenvalue weighted by Crippen LogP contribution is -2.44. The Hall–Kier alpha value is -4.67. The van der Waals surface area contributed by atoms with E-state index in [2.05, 4.69) is 70.2 Å². The van der Waals surface area contributed by atoms with Crippen LogP contribution >= 0.6 is 0 Å². The number of nitro groups is 1. The van der Waals surface area contributed by atoms with Gasteiger partial charge >= 0.3 is 5.97 Å². The third kappa shape index (κ3) is 5.23. The van der Waals surface area contributed by atoms with Gasteiger partial charge in [-0.3, -0.25) is 15.0 Å². The van der Waals surface area contributed by atoms with Crippen molar-refractivity contribution in [1.82, 2.24) is 14.9 Å². The summed E-state index contributed by atoms with van der Waals surface area (Å²) < 4.78 is 5.95. The number of nitrogens with two attached hydrogens (primary N) is 1. The number of carbonyl (C=O) groups excluding carboxylic acids is 1. The number of hydrogen-bond donors (Lipinski definition) is 1. The Morgan fingerprint density at radius 1 is 1.04 bits per heavy atom. The number of aromatic nitrogens is 2. The van der Waals surface area contributed by atoms with Gasteiger partial charge in [0, 0.05) is 48.4 Å². The van der Waals surface area contributed by atoms with E-state index in [1.807, 2.05) is 0 Å². The molecule has 0 radical (unpaired) electrons. The minimum atomic E-state index is -0.535. The molecule has 1 fully saturated rings. The number of benzene rings is 3. The van der Waals surface area contributed by atoms with Crippen LogP contribution < -0.4 is 10.6 Å². The van der Waals surface area contributed by atoms with Crippen molar-refractivity contribution in [1.29, 1.82) is 0 Å². The van der Waals surface area contributed by atoms with E-state index >= 15 is 0 Å². The van der Waals surface area contributed by atoms with E-state index in [-0.39, 0.29) is 22.6 Å². The molecule has 3 aliphatic rings. The van der Waals surface area contributed by atoms with Crippen LogP contribution in [0, 0.1) is 10.1 Å². The number of nitrogens with zero attached hydrogens (tertiary/aromatic N) is 5. The van der Waals surface area contributed by atoms with Gasteiger partial charge in [0.15, 0.2) is 0 Å². The molecule has 3 aromatic carbocycles. The van der Waals surface area contributed by atoms with Gasteiger partial charge in [-0.15, -0.1) is 0 Å². The zero-order chi connectivity index (χ0) is 31.1. The summed E-state index contributed by atoms with van der Waals surface area (Å²) in [6, 6.07) is 22.5. The van der Waals surface area contributed by atoms with Crippen molar-refractivity contribution in [2.24, 2.45) is 5.73 Å².